The highest BCUT2D eigenvalue weighted by Crippen LogP contribution is 2.45. The molecule has 3 aromatic carbocycles. The number of benzene rings is 3. The fourth-order valence-corrected chi connectivity index (χ4v) is 20.7. The average Bonchev–Trinajstić information content (AvgIpc) is 3.16. The smallest absolute Gasteiger partial charge is 0.258 e. The van der Waals surface area contributed by atoms with Crippen LogP contribution in [0.15, 0.2) is 66.7 Å². The van der Waals surface area contributed by atoms with Crippen molar-refractivity contribution in [2.24, 2.45) is 0 Å². The molecule has 0 spiro atoms. The number of hydrogen-bond donors (Lipinski definition) is 1. The van der Waals surface area contributed by atoms with Crippen molar-refractivity contribution < 1.29 is 33.0 Å². The first-order valence-corrected chi connectivity index (χ1v) is 25.7. The predicted octanol–water partition coefficient (Wildman–Crippen LogP) is 11.4. The lowest BCUT2D eigenvalue weighted by Gasteiger charge is -2.43. The summed E-state index contributed by atoms with van der Waals surface area (Å²) in [5.74, 6) is 3.21. The number of carbonyl (C=O) groups excluding carboxylic acids is 2. The summed E-state index contributed by atoms with van der Waals surface area (Å²) in [4.78, 5) is 27.5. The van der Waals surface area contributed by atoms with Gasteiger partial charge in [0.25, 0.3) is 16.6 Å². The van der Waals surface area contributed by atoms with E-state index in [2.05, 4.69) is 88.0 Å². The van der Waals surface area contributed by atoms with Crippen molar-refractivity contribution in [3.05, 3.63) is 83.4 Å². The molecule has 0 aliphatic carbocycles. The van der Waals surface area contributed by atoms with Gasteiger partial charge in [-0.05, 0) is 75.9 Å². The van der Waals surface area contributed by atoms with Crippen LogP contribution in [-0.4, -0.2) is 70.6 Å². The second-order valence-electron chi connectivity index (χ2n) is 18.3. The van der Waals surface area contributed by atoms with Gasteiger partial charge in [0.2, 0.25) is 0 Å². The largest absolute Gasteiger partial charge is 0.543 e. The number of hydrogen-bond acceptors (Lipinski definition) is 8. The molecule has 0 amide bonds. The van der Waals surface area contributed by atoms with Crippen LogP contribution in [0.3, 0.4) is 0 Å². The summed E-state index contributed by atoms with van der Waals surface area (Å²) in [6.07, 6.45) is 1.68. The SMILES string of the molecule is CC(C)[Si](Oc1ccc2c(c1)OCC(N1CCC(O)(c3ccccc3)CC1)C2=O)(C(C)C)C(C)C.CC(C)[Si](Oc1ccc2c(c1)OCCC2=O)(C(C)C)C(C)C. The van der Waals surface area contributed by atoms with Gasteiger partial charge in [0.15, 0.2) is 11.6 Å². The zero-order valence-electron chi connectivity index (χ0n) is 36.7. The maximum absolute atomic E-state index is 13.5. The summed E-state index contributed by atoms with van der Waals surface area (Å²) < 4.78 is 25.2. The molecule has 1 unspecified atom stereocenters. The van der Waals surface area contributed by atoms with Gasteiger partial charge in [0, 0.05) is 31.6 Å². The monoisotopic (exact) mass is 815 g/mol. The van der Waals surface area contributed by atoms with E-state index < -0.39 is 22.2 Å². The number of ketones is 2. The highest BCUT2D eigenvalue weighted by Gasteiger charge is 2.48. The van der Waals surface area contributed by atoms with Gasteiger partial charge in [-0.25, -0.2) is 0 Å². The molecule has 3 aliphatic rings. The van der Waals surface area contributed by atoms with Gasteiger partial charge in [0.1, 0.15) is 35.6 Å². The first-order chi connectivity index (χ1) is 26.9. The number of fused-ring (bicyclic) bond motifs is 2. The Morgan fingerprint density at radius 3 is 1.58 bits per heavy atom. The summed E-state index contributed by atoms with van der Waals surface area (Å²) >= 11 is 0. The van der Waals surface area contributed by atoms with Crippen LogP contribution in [0, 0.1) is 0 Å². The minimum Gasteiger partial charge on any atom is -0.543 e. The van der Waals surface area contributed by atoms with Crippen molar-refractivity contribution in [1.82, 2.24) is 4.90 Å². The first-order valence-electron chi connectivity index (χ1n) is 21.4. The van der Waals surface area contributed by atoms with E-state index in [4.69, 9.17) is 18.3 Å². The summed E-state index contributed by atoms with van der Waals surface area (Å²) in [7, 11) is -4.06. The molecule has 0 bridgehead atoms. The standard InChI is InChI=1S/C29H41NO4Si.C18H28O3Si/c1-20(2)35(21(3)4,22(5)6)34-24-12-13-25-27(18-24)33-19-26(28(25)31)30-16-14-29(32,15-17-30)23-10-8-7-9-11-23;1-12(2)22(13(3)4,14(5)6)21-15-7-8-16-17(19)9-10-20-18(16)11-15/h7-13,18,20-22,26,32H,14-17,19H2,1-6H3;7-8,11-14H,9-10H2,1-6H3. The third-order valence-corrected chi connectivity index (χ3v) is 25.1. The van der Waals surface area contributed by atoms with Gasteiger partial charge in [-0.15, -0.1) is 0 Å². The average molecular weight is 816 g/mol. The fraction of sp³-hybridized carbons (Fsp3) is 0.574. The molecule has 1 saturated heterocycles. The van der Waals surface area contributed by atoms with Crippen molar-refractivity contribution in [2.75, 3.05) is 26.3 Å². The molecule has 0 aromatic heterocycles. The Morgan fingerprint density at radius 2 is 1.11 bits per heavy atom. The minimum atomic E-state index is -2.09. The number of rotatable bonds is 12. The van der Waals surface area contributed by atoms with Gasteiger partial charge in [-0.3, -0.25) is 14.5 Å². The van der Waals surface area contributed by atoms with E-state index in [1.165, 1.54) is 0 Å². The Labute approximate surface area is 344 Å². The van der Waals surface area contributed by atoms with Crippen LogP contribution >= 0.6 is 0 Å². The lowest BCUT2D eigenvalue weighted by molar-refractivity contribution is -0.0379. The maximum atomic E-state index is 13.5. The molecule has 1 atom stereocenters. The molecule has 1 N–H and O–H groups in total. The van der Waals surface area contributed by atoms with E-state index in [9.17, 15) is 14.7 Å². The number of likely N-dealkylation sites (tertiary alicyclic amines) is 1. The number of ether oxygens (including phenoxy) is 2. The third-order valence-electron chi connectivity index (χ3n) is 13.1. The normalized spacial score (nSPS) is 18.6. The van der Waals surface area contributed by atoms with Gasteiger partial charge in [0.05, 0.1) is 23.3 Å². The molecule has 10 heteroatoms. The molecule has 57 heavy (non-hydrogen) atoms. The molecule has 1 fully saturated rings. The highest BCUT2D eigenvalue weighted by atomic mass is 28.4. The van der Waals surface area contributed by atoms with Crippen LogP contribution in [0.2, 0.25) is 33.2 Å². The molecular weight excluding hydrogens is 747 g/mol. The Kier molecular flexibility index (Phi) is 14.3. The Hall–Kier alpha value is -3.45. The first kappa shape index (κ1) is 44.7. The van der Waals surface area contributed by atoms with Crippen LogP contribution in [-0.2, 0) is 5.60 Å². The van der Waals surface area contributed by atoms with Crippen LogP contribution in [0.25, 0.3) is 0 Å². The number of aliphatic hydroxyl groups is 1. The zero-order valence-corrected chi connectivity index (χ0v) is 38.7. The second kappa shape index (κ2) is 18.2. The molecule has 3 aliphatic heterocycles. The molecule has 312 valence electrons. The molecule has 0 radical (unpaired) electrons. The molecule has 3 heterocycles. The zero-order chi connectivity index (χ0) is 41.9. The van der Waals surface area contributed by atoms with E-state index in [-0.39, 0.29) is 17.6 Å². The summed E-state index contributed by atoms with van der Waals surface area (Å²) in [5.41, 5.74) is 4.40. The van der Waals surface area contributed by atoms with Gasteiger partial charge >= 0.3 is 0 Å². The van der Waals surface area contributed by atoms with Crippen LogP contribution in [0.4, 0.5) is 0 Å². The third kappa shape index (κ3) is 9.09. The molecule has 0 saturated carbocycles. The Bertz CT molecular complexity index is 1790. The highest BCUT2D eigenvalue weighted by molar-refractivity contribution is 6.78. The lowest BCUT2D eigenvalue weighted by Crippen LogP contribution is -2.53. The quantitative estimate of drug-likeness (QED) is 0.181. The Morgan fingerprint density at radius 1 is 0.649 bits per heavy atom. The number of carbonyl (C=O) groups is 2. The Balaban J connectivity index is 0.000000242. The summed E-state index contributed by atoms with van der Waals surface area (Å²) in [6.45, 7) is 29.4. The fourth-order valence-electron chi connectivity index (χ4n) is 10.2. The summed E-state index contributed by atoms with van der Waals surface area (Å²) in [6, 6.07) is 21.0. The van der Waals surface area contributed by atoms with Crippen molar-refractivity contribution in [2.45, 2.75) is 147 Å². The van der Waals surface area contributed by atoms with Crippen molar-refractivity contribution in [3.63, 3.8) is 0 Å². The van der Waals surface area contributed by atoms with E-state index in [0.29, 0.717) is 101 Å². The van der Waals surface area contributed by atoms with Crippen molar-refractivity contribution in [1.29, 1.82) is 0 Å². The van der Waals surface area contributed by atoms with Crippen molar-refractivity contribution in [3.8, 4) is 23.0 Å². The van der Waals surface area contributed by atoms with E-state index in [0.717, 1.165) is 17.1 Å². The number of nitrogens with zero attached hydrogens (tertiary/aromatic N) is 1. The number of Topliss-reactive ketones (excluding diaryl/α,β-unsaturated/α-hetero) is 2. The van der Waals surface area contributed by atoms with E-state index in [1.54, 1.807) is 0 Å². The lowest BCUT2D eigenvalue weighted by atomic mass is 9.83. The van der Waals surface area contributed by atoms with Crippen LogP contribution in [0.5, 0.6) is 23.0 Å². The topological polar surface area (TPSA) is 94.5 Å². The summed E-state index contributed by atoms with van der Waals surface area (Å²) in [5, 5.41) is 11.2. The second-order valence-corrected chi connectivity index (χ2v) is 29.1. The number of piperidine rings is 1. The van der Waals surface area contributed by atoms with Gasteiger partial charge < -0.3 is 23.4 Å². The minimum absolute atomic E-state index is 0.100. The molecule has 8 nitrogen and oxygen atoms in total. The van der Waals surface area contributed by atoms with Gasteiger partial charge in [-0.2, -0.15) is 0 Å². The van der Waals surface area contributed by atoms with Crippen molar-refractivity contribution >= 4 is 28.2 Å². The molecule has 6 rings (SSSR count). The molecule has 3 aromatic rings. The van der Waals surface area contributed by atoms with Gasteiger partial charge in [-0.1, -0.05) is 113 Å². The van der Waals surface area contributed by atoms with E-state index in [1.807, 2.05) is 66.7 Å². The van der Waals surface area contributed by atoms with Crippen LogP contribution in [0.1, 0.15) is 129 Å². The van der Waals surface area contributed by atoms with E-state index >= 15 is 0 Å². The predicted molar refractivity (Wildman–Crippen MR) is 235 cm³/mol. The molecular formula is C47H69NO7Si2. The maximum Gasteiger partial charge on any atom is 0.258 e. The van der Waals surface area contributed by atoms with Crippen LogP contribution < -0.4 is 18.3 Å².